The Hall–Kier alpha value is -1.03. The maximum absolute atomic E-state index is 6.18. The van der Waals surface area contributed by atoms with Crippen LogP contribution in [0.5, 0.6) is 0 Å². The number of ether oxygens (including phenoxy) is 1. The molecule has 1 aliphatic rings. The Kier molecular flexibility index (Phi) is 4.27. The van der Waals surface area contributed by atoms with Crippen molar-refractivity contribution >= 4 is 5.69 Å². The van der Waals surface area contributed by atoms with Crippen molar-refractivity contribution in [2.45, 2.75) is 64.5 Å². The van der Waals surface area contributed by atoms with Crippen molar-refractivity contribution in [2.75, 3.05) is 12.8 Å². The van der Waals surface area contributed by atoms with Gasteiger partial charge in [-0.2, -0.15) is 5.10 Å². The third-order valence-corrected chi connectivity index (χ3v) is 4.07. The average molecular weight is 251 g/mol. The van der Waals surface area contributed by atoms with E-state index in [-0.39, 0.29) is 0 Å². The molecule has 102 valence electrons. The van der Waals surface area contributed by atoms with Crippen molar-refractivity contribution < 1.29 is 4.74 Å². The molecule has 1 aromatic heterocycles. The maximum Gasteiger partial charge on any atom is 0.0854 e. The van der Waals surface area contributed by atoms with Crippen LogP contribution in [0.1, 0.15) is 57.0 Å². The van der Waals surface area contributed by atoms with Crippen LogP contribution in [0.15, 0.2) is 0 Å². The molecule has 2 rings (SSSR count). The molecule has 1 heterocycles. The van der Waals surface area contributed by atoms with E-state index < -0.39 is 0 Å². The van der Waals surface area contributed by atoms with Gasteiger partial charge in [-0.05, 0) is 38.5 Å². The van der Waals surface area contributed by atoms with E-state index in [2.05, 4.69) is 18.5 Å². The van der Waals surface area contributed by atoms with Crippen molar-refractivity contribution in [3.8, 4) is 0 Å². The molecule has 0 saturated heterocycles. The van der Waals surface area contributed by atoms with Crippen LogP contribution in [-0.2, 0) is 17.6 Å². The summed E-state index contributed by atoms with van der Waals surface area (Å²) in [5.41, 5.74) is 9.34. The second-order valence-corrected chi connectivity index (χ2v) is 5.14. The Morgan fingerprint density at radius 2 is 2.11 bits per heavy atom. The van der Waals surface area contributed by atoms with Crippen LogP contribution in [0.2, 0.25) is 0 Å². The summed E-state index contributed by atoms with van der Waals surface area (Å²) in [4.78, 5) is 0. The summed E-state index contributed by atoms with van der Waals surface area (Å²) in [5.74, 6) is 0. The van der Waals surface area contributed by atoms with Gasteiger partial charge in [0.15, 0.2) is 0 Å². The van der Waals surface area contributed by atoms with Crippen LogP contribution in [0.3, 0.4) is 0 Å². The van der Waals surface area contributed by atoms with E-state index in [9.17, 15) is 0 Å². The third kappa shape index (κ3) is 2.39. The average Bonchev–Trinajstić information content (AvgIpc) is 2.75. The lowest BCUT2D eigenvalue weighted by atomic mass is 9.92. The number of nitrogen functional groups attached to an aromatic ring is 1. The summed E-state index contributed by atoms with van der Waals surface area (Å²) < 4.78 is 7.69. The SMILES string of the molecule is CCc1nn(C2CCCC(OC)C2)c(CC)c1N. The molecule has 1 aromatic rings. The van der Waals surface area contributed by atoms with Crippen LogP contribution in [0.4, 0.5) is 5.69 Å². The predicted octanol–water partition coefficient (Wildman–Crippen LogP) is 2.72. The predicted molar refractivity (Wildman–Crippen MR) is 73.7 cm³/mol. The van der Waals surface area contributed by atoms with Crippen molar-refractivity contribution in [3.05, 3.63) is 11.4 Å². The monoisotopic (exact) mass is 251 g/mol. The van der Waals surface area contributed by atoms with Gasteiger partial charge in [0, 0.05) is 7.11 Å². The third-order valence-electron chi connectivity index (χ3n) is 4.07. The fraction of sp³-hybridized carbons (Fsp3) is 0.786. The van der Waals surface area contributed by atoms with Crippen molar-refractivity contribution in [1.29, 1.82) is 0 Å². The van der Waals surface area contributed by atoms with Crippen LogP contribution in [-0.4, -0.2) is 23.0 Å². The lowest BCUT2D eigenvalue weighted by Gasteiger charge is -2.29. The molecular formula is C14H25N3O. The molecule has 1 aliphatic carbocycles. The second-order valence-electron chi connectivity index (χ2n) is 5.14. The lowest BCUT2D eigenvalue weighted by molar-refractivity contribution is 0.0502. The molecule has 4 nitrogen and oxygen atoms in total. The summed E-state index contributed by atoms with van der Waals surface area (Å²) in [7, 11) is 1.81. The van der Waals surface area contributed by atoms with Crippen LogP contribution in [0.25, 0.3) is 0 Å². The maximum atomic E-state index is 6.18. The summed E-state index contributed by atoms with van der Waals surface area (Å²) in [6.45, 7) is 4.27. The van der Waals surface area contributed by atoms with Crippen molar-refractivity contribution in [3.63, 3.8) is 0 Å². The van der Waals surface area contributed by atoms with Gasteiger partial charge in [0.05, 0.1) is 29.2 Å². The van der Waals surface area contributed by atoms with Gasteiger partial charge in [0.25, 0.3) is 0 Å². The smallest absolute Gasteiger partial charge is 0.0854 e. The summed E-state index contributed by atoms with van der Waals surface area (Å²) in [6, 6.07) is 0.459. The minimum Gasteiger partial charge on any atom is -0.396 e. The van der Waals surface area contributed by atoms with Gasteiger partial charge < -0.3 is 10.5 Å². The molecule has 0 radical (unpaired) electrons. The summed E-state index contributed by atoms with van der Waals surface area (Å²) >= 11 is 0. The van der Waals surface area contributed by atoms with Gasteiger partial charge in [-0.1, -0.05) is 13.8 Å². The topological polar surface area (TPSA) is 53.1 Å². The van der Waals surface area contributed by atoms with E-state index in [1.165, 1.54) is 25.0 Å². The molecular weight excluding hydrogens is 226 g/mol. The molecule has 18 heavy (non-hydrogen) atoms. The largest absolute Gasteiger partial charge is 0.396 e. The summed E-state index contributed by atoms with van der Waals surface area (Å²) in [5, 5.41) is 4.73. The minimum absolute atomic E-state index is 0.379. The molecule has 0 spiro atoms. The first-order valence-corrected chi connectivity index (χ1v) is 7.09. The lowest BCUT2D eigenvalue weighted by Crippen LogP contribution is -2.26. The standard InChI is InChI=1S/C14H25N3O/c1-4-12-14(15)13(5-2)17(16-12)10-7-6-8-11(9-10)18-3/h10-11H,4-9,15H2,1-3H3. The number of anilines is 1. The van der Waals surface area contributed by atoms with E-state index in [4.69, 9.17) is 15.6 Å². The van der Waals surface area contributed by atoms with Crippen LogP contribution >= 0.6 is 0 Å². The van der Waals surface area contributed by atoms with Gasteiger partial charge in [-0.3, -0.25) is 4.68 Å². The Morgan fingerprint density at radius 3 is 2.72 bits per heavy atom. The molecule has 0 aromatic carbocycles. The van der Waals surface area contributed by atoms with Crippen LogP contribution in [0, 0.1) is 0 Å². The highest BCUT2D eigenvalue weighted by Crippen LogP contribution is 2.32. The van der Waals surface area contributed by atoms with Gasteiger partial charge >= 0.3 is 0 Å². The molecule has 2 atom stereocenters. The van der Waals surface area contributed by atoms with E-state index in [1.54, 1.807) is 0 Å². The highest BCUT2D eigenvalue weighted by Gasteiger charge is 2.26. The van der Waals surface area contributed by atoms with E-state index in [1.807, 2.05) is 7.11 Å². The highest BCUT2D eigenvalue weighted by atomic mass is 16.5. The Morgan fingerprint density at radius 1 is 1.33 bits per heavy atom. The van der Waals surface area contributed by atoms with Crippen LogP contribution < -0.4 is 5.73 Å². The number of rotatable bonds is 4. The molecule has 1 fully saturated rings. The second kappa shape index (κ2) is 5.74. The first-order chi connectivity index (χ1) is 8.71. The summed E-state index contributed by atoms with van der Waals surface area (Å²) in [6.07, 6.45) is 6.88. The van der Waals surface area contributed by atoms with E-state index >= 15 is 0 Å². The zero-order chi connectivity index (χ0) is 13.1. The quantitative estimate of drug-likeness (QED) is 0.895. The Bertz CT molecular complexity index is 400. The zero-order valence-corrected chi connectivity index (χ0v) is 11.8. The zero-order valence-electron chi connectivity index (χ0n) is 11.8. The Labute approximate surface area is 110 Å². The van der Waals surface area contributed by atoms with Gasteiger partial charge in [0.2, 0.25) is 0 Å². The van der Waals surface area contributed by atoms with E-state index in [0.29, 0.717) is 12.1 Å². The first kappa shape index (κ1) is 13.4. The number of nitrogens with two attached hydrogens (primary N) is 1. The molecule has 0 aliphatic heterocycles. The van der Waals surface area contributed by atoms with Gasteiger partial charge in [-0.15, -0.1) is 0 Å². The minimum atomic E-state index is 0.379. The fourth-order valence-corrected chi connectivity index (χ4v) is 3.01. The number of hydrogen-bond acceptors (Lipinski definition) is 3. The normalized spacial score (nSPS) is 24.4. The van der Waals surface area contributed by atoms with Crippen molar-refractivity contribution in [1.82, 2.24) is 9.78 Å². The Balaban J connectivity index is 2.26. The van der Waals surface area contributed by atoms with Gasteiger partial charge in [0.1, 0.15) is 0 Å². The van der Waals surface area contributed by atoms with Crippen molar-refractivity contribution in [2.24, 2.45) is 0 Å². The number of aryl methyl sites for hydroxylation is 1. The molecule has 0 bridgehead atoms. The molecule has 1 saturated carbocycles. The number of methoxy groups -OCH3 is 1. The molecule has 0 amide bonds. The highest BCUT2D eigenvalue weighted by molar-refractivity contribution is 5.48. The first-order valence-electron chi connectivity index (χ1n) is 7.09. The molecule has 2 unspecified atom stereocenters. The van der Waals surface area contributed by atoms with Gasteiger partial charge in [-0.25, -0.2) is 0 Å². The molecule has 2 N–H and O–H groups in total. The number of aromatic nitrogens is 2. The number of hydrogen-bond donors (Lipinski definition) is 1. The fourth-order valence-electron chi connectivity index (χ4n) is 3.01. The number of nitrogens with zero attached hydrogens (tertiary/aromatic N) is 2. The molecule has 4 heteroatoms. The van der Waals surface area contributed by atoms with E-state index in [0.717, 1.165) is 30.6 Å².